The molecule has 2 aromatic carbocycles. The van der Waals surface area contributed by atoms with E-state index in [-0.39, 0.29) is 0 Å². The summed E-state index contributed by atoms with van der Waals surface area (Å²) in [4.78, 5) is 1.31. The maximum Gasteiger partial charge on any atom is 0.0400 e. The molecule has 2 rings (SSSR count). The minimum absolute atomic E-state index is 0.869. The first-order valence-corrected chi connectivity index (χ1v) is 8.12. The molecule has 1 nitrogen and oxygen atoms in total. The molecule has 0 aliphatic heterocycles. The zero-order valence-electron chi connectivity index (χ0n) is 10.5. The van der Waals surface area contributed by atoms with Crippen molar-refractivity contribution in [2.45, 2.75) is 18.4 Å². The summed E-state index contributed by atoms with van der Waals surface area (Å²) in [5.41, 5.74) is 3.81. The molecule has 0 aliphatic rings. The van der Waals surface area contributed by atoms with E-state index in [1.165, 1.54) is 25.3 Å². The smallest absolute Gasteiger partial charge is 0.0400 e. The van der Waals surface area contributed by atoms with E-state index in [4.69, 9.17) is 0 Å². The fourth-order valence-corrected chi connectivity index (χ4v) is 2.57. The molecule has 0 atom stereocenters. The zero-order valence-corrected chi connectivity index (χ0v) is 13.5. The molecule has 0 aromatic heterocycles. The fraction of sp³-hybridized carbons (Fsp3) is 0.200. The number of thioether (sulfide) groups is 1. The van der Waals surface area contributed by atoms with Crippen molar-refractivity contribution in [2.75, 3.05) is 11.6 Å². The third-order valence-electron chi connectivity index (χ3n) is 2.83. The van der Waals surface area contributed by atoms with Crippen LogP contribution in [0.2, 0.25) is 0 Å². The molecule has 0 saturated heterocycles. The van der Waals surface area contributed by atoms with E-state index in [1.807, 2.05) is 0 Å². The van der Waals surface area contributed by atoms with Crippen LogP contribution in [0.3, 0.4) is 0 Å². The van der Waals surface area contributed by atoms with Crippen molar-refractivity contribution in [3.63, 3.8) is 0 Å². The molecule has 0 unspecified atom stereocenters. The van der Waals surface area contributed by atoms with Gasteiger partial charge in [0, 0.05) is 20.7 Å². The summed E-state index contributed by atoms with van der Waals surface area (Å²) >= 11 is 4.15. The standard InChI is InChI=1S/C15H16INS/c1-11-3-6-13(9-15(11)16)17-10-12-4-7-14(18-2)8-5-12/h3-9,17H,10H2,1-2H3. The van der Waals surface area contributed by atoms with Crippen LogP contribution in [-0.4, -0.2) is 6.26 Å². The van der Waals surface area contributed by atoms with Crippen LogP contribution in [0.25, 0.3) is 0 Å². The van der Waals surface area contributed by atoms with Gasteiger partial charge in [-0.25, -0.2) is 0 Å². The molecular weight excluding hydrogens is 353 g/mol. The Kier molecular flexibility index (Phi) is 4.95. The summed E-state index contributed by atoms with van der Waals surface area (Å²) in [6.45, 7) is 3.00. The predicted octanol–water partition coefficient (Wildman–Crippen LogP) is 4.93. The SMILES string of the molecule is CSc1ccc(CNc2ccc(C)c(I)c2)cc1. The van der Waals surface area contributed by atoms with Crippen LogP contribution in [-0.2, 0) is 6.54 Å². The van der Waals surface area contributed by atoms with Gasteiger partial charge in [0.1, 0.15) is 0 Å². The second-order valence-corrected chi connectivity index (χ2v) is 6.21. The third-order valence-corrected chi connectivity index (χ3v) is 4.73. The van der Waals surface area contributed by atoms with E-state index < -0.39 is 0 Å². The number of benzene rings is 2. The summed E-state index contributed by atoms with van der Waals surface area (Å²) in [5.74, 6) is 0. The topological polar surface area (TPSA) is 12.0 Å². The predicted molar refractivity (Wildman–Crippen MR) is 89.4 cm³/mol. The van der Waals surface area contributed by atoms with Crippen LogP contribution in [0.5, 0.6) is 0 Å². The normalized spacial score (nSPS) is 10.4. The third kappa shape index (κ3) is 3.65. The van der Waals surface area contributed by atoms with E-state index >= 15 is 0 Å². The molecule has 0 bridgehead atoms. The van der Waals surface area contributed by atoms with Gasteiger partial charge in [-0.2, -0.15) is 0 Å². The Morgan fingerprint density at radius 2 is 1.83 bits per heavy atom. The summed E-state index contributed by atoms with van der Waals surface area (Å²) < 4.78 is 1.30. The van der Waals surface area contributed by atoms with Gasteiger partial charge < -0.3 is 5.32 Å². The first-order chi connectivity index (χ1) is 8.69. The molecule has 94 valence electrons. The molecule has 0 saturated carbocycles. The maximum atomic E-state index is 3.45. The highest BCUT2D eigenvalue weighted by Crippen LogP contribution is 2.19. The molecule has 3 heteroatoms. The maximum absolute atomic E-state index is 3.45. The number of hydrogen-bond donors (Lipinski definition) is 1. The number of aryl methyl sites for hydroxylation is 1. The Bertz CT molecular complexity index is 523. The number of rotatable bonds is 4. The first kappa shape index (κ1) is 13.7. The van der Waals surface area contributed by atoms with E-state index in [2.05, 4.69) is 83.6 Å². The summed E-state index contributed by atoms with van der Waals surface area (Å²) in [5, 5.41) is 3.45. The van der Waals surface area contributed by atoms with Gasteiger partial charge in [-0.3, -0.25) is 0 Å². The van der Waals surface area contributed by atoms with Crippen LogP contribution in [0.4, 0.5) is 5.69 Å². The lowest BCUT2D eigenvalue weighted by molar-refractivity contribution is 1.14. The van der Waals surface area contributed by atoms with Gasteiger partial charge >= 0.3 is 0 Å². The molecule has 0 radical (unpaired) electrons. The van der Waals surface area contributed by atoms with E-state index in [0.717, 1.165) is 6.54 Å². The van der Waals surface area contributed by atoms with Crippen molar-refractivity contribution in [3.8, 4) is 0 Å². The van der Waals surface area contributed by atoms with Gasteiger partial charge in [-0.1, -0.05) is 18.2 Å². The van der Waals surface area contributed by atoms with Gasteiger partial charge in [-0.05, 0) is 71.2 Å². The van der Waals surface area contributed by atoms with E-state index in [9.17, 15) is 0 Å². The molecule has 0 amide bonds. The fourth-order valence-electron chi connectivity index (χ4n) is 1.65. The van der Waals surface area contributed by atoms with Gasteiger partial charge in [0.05, 0.1) is 0 Å². The zero-order chi connectivity index (χ0) is 13.0. The second-order valence-electron chi connectivity index (χ2n) is 4.17. The van der Waals surface area contributed by atoms with Crippen molar-refractivity contribution >= 4 is 40.0 Å². The Balaban J connectivity index is 1.99. The average Bonchev–Trinajstić information content (AvgIpc) is 2.41. The van der Waals surface area contributed by atoms with Crippen LogP contribution in [0.1, 0.15) is 11.1 Å². The monoisotopic (exact) mass is 369 g/mol. The Labute approximate surface area is 127 Å². The van der Waals surface area contributed by atoms with E-state index in [0.29, 0.717) is 0 Å². The highest BCUT2D eigenvalue weighted by molar-refractivity contribution is 14.1. The number of anilines is 1. The Morgan fingerprint density at radius 3 is 2.44 bits per heavy atom. The first-order valence-electron chi connectivity index (χ1n) is 5.82. The van der Waals surface area contributed by atoms with Gasteiger partial charge in [0.2, 0.25) is 0 Å². The molecule has 18 heavy (non-hydrogen) atoms. The molecule has 0 heterocycles. The van der Waals surface area contributed by atoms with Crippen molar-refractivity contribution in [1.82, 2.24) is 0 Å². The highest BCUT2D eigenvalue weighted by Gasteiger charge is 1.98. The molecule has 0 spiro atoms. The second kappa shape index (κ2) is 6.48. The van der Waals surface area contributed by atoms with Crippen molar-refractivity contribution < 1.29 is 0 Å². The van der Waals surface area contributed by atoms with Crippen LogP contribution in [0, 0.1) is 10.5 Å². The van der Waals surface area contributed by atoms with Gasteiger partial charge in [-0.15, -0.1) is 11.8 Å². The lowest BCUT2D eigenvalue weighted by Crippen LogP contribution is -1.99. The molecule has 1 N–H and O–H groups in total. The minimum atomic E-state index is 0.869. The number of nitrogens with one attached hydrogen (secondary N) is 1. The van der Waals surface area contributed by atoms with Crippen LogP contribution >= 0.6 is 34.4 Å². The summed E-state index contributed by atoms with van der Waals surface area (Å²) in [6.07, 6.45) is 2.10. The molecule has 0 aliphatic carbocycles. The number of hydrogen-bond acceptors (Lipinski definition) is 2. The number of halogens is 1. The van der Waals surface area contributed by atoms with Crippen molar-refractivity contribution in [3.05, 3.63) is 57.2 Å². The van der Waals surface area contributed by atoms with Crippen LogP contribution < -0.4 is 5.32 Å². The lowest BCUT2D eigenvalue weighted by Gasteiger charge is -2.08. The highest BCUT2D eigenvalue weighted by atomic mass is 127. The molecule has 0 fully saturated rings. The van der Waals surface area contributed by atoms with Gasteiger partial charge in [0.25, 0.3) is 0 Å². The Hall–Kier alpha value is -0.680. The lowest BCUT2D eigenvalue weighted by atomic mass is 10.2. The summed E-state index contributed by atoms with van der Waals surface area (Å²) in [7, 11) is 0. The molecule has 2 aromatic rings. The van der Waals surface area contributed by atoms with Crippen LogP contribution in [0.15, 0.2) is 47.4 Å². The quantitative estimate of drug-likeness (QED) is 0.606. The average molecular weight is 369 g/mol. The van der Waals surface area contributed by atoms with Crippen molar-refractivity contribution in [1.29, 1.82) is 0 Å². The summed E-state index contributed by atoms with van der Waals surface area (Å²) in [6, 6.07) is 15.2. The van der Waals surface area contributed by atoms with Crippen molar-refractivity contribution in [2.24, 2.45) is 0 Å². The largest absolute Gasteiger partial charge is 0.381 e. The van der Waals surface area contributed by atoms with Gasteiger partial charge in [0.15, 0.2) is 0 Å². The Morgan fingerprint density at radius 1 is 1.11 bits per heavy atom. The minimum Gasteiger partial charge on any atom is -0.381 e. The van der Waals surface area contributed by atoms with E-state index in [1.54, 1.807) is 11.8 Å². The molecular formula is C15H16INS.